The number of aromatic nitrogens is 4. The molecule has 1 aliphatic rings. The average molecular weight is 340 g/mol. The van der Waals surface area contributed by atoms with Crippen LogP contribution in [-0.2, 0) is 6.54 Å². The quantitative estimate of drug-likeness (QED) is 0.899. The van der Waals surface area contributed by atoms with Gasteiger partial charge >= 0.3 is 0 Å². The number of rotatable bonds is 5. The van der Waals surface area contributed by atoms with Crippen molar-refractivity contribution in [2.75, 3.05) is 26.7 Å². The van der Waals surface area contributed by atoms with Crippen LogP contribution in [-0.4, -0.2) is 51.5 Å². The molecule has 0 aromatic carbocycles. The van der Waals surface area contributed by atoms with Crippen molar-refractivity contribution in [2.24, 2.45) is 5.92 Å². The maximum absolute atomic E-state index is 13.5. The monoisotopic (exact) mass is 340 g/mol. The first-order chi connectivity index (χ1) is 11.5. The number of hydrogen-bond acceptors (Lipinski definition) is 6. The predicted octanol–water partition coefficient (Wildman–Crippen LogP) is 2.10. The number of alkyl halides is 2. The highest BCUT2D eigenvalue weighted by molar-refractivity contribution is 5.55. The first-order valence-electron chi connectivity index (χ1n) is 8.06. The fourth-order valence-electron chi connectivity index (χ4n) is 2.86. The van der Waals surface area contributed by atoms with E-state index in [-0.39, 0.29) is 29.1 Å². The summed E-state index contributed by atoms with van der Waals surface area (Å²) < 4.78 is 33.6. The molecule has 1 atom stereocenters. The second-order valence-electron chi connectivity index (χ2n) is 6.48. The molecule has 3 heterocycles. The van der Waals surface area contributed by atoms with E-state index in [1.807, 2.05) is 20.9 Å². The molecule has 7 nitrogen and oxygen atoms in total. The number of nitrogens with one attached hydrogen (secondary N) is 1. The van der Waals surface area contributed by atoms with Crippen LogP contribution in [0.2, 0.25) is 0 Å². The summed E-state index contributed by atoms with van der Waals surface area (Å²) in [6.45, 7) is 6.78. The predicted molar refractivity (Wildman–Crippen MR) is 83.6 cm³/mol. The zero-order valence-corrected chi connectivity index (χ0v) is 14.0. The summed E-state index contributed by atoms with van der Waals surface area (Å²) in [5.41, 5.74) is 0.0323. The van der Waals surface area contributed by atoms with Gasteiger partial charge in [-0.25, -0.2) is 8.78 Å². The number of halogens is 2. The van der Waals surface area contributed by atoms with Gasteiger partial charge in [0.25, 0.3) is 12.3 Å². The van der Waals surface area contributed by atoms with Crippen LogP contribution in [0.1, 0.15) is 37.8 Å². The lowest BCUT2D eigenvalue weighted by atomic mass is 10.2. The van der Waals surface area contributed by atoms with Gasteiger partial charge in [-0.2, -0.15) is 10.1 Å². The van der Waals surface area contributed by atoms with Crippen molar-refractivity contribution in [3.63, 3.8) is 0 Å². The van der Waals surface area contributed by atoms with E-state index in [4.69, 9.17) is 4.52 Å². The summed E-state index contributed by atoms with van der Waals surface area (Å²) in [5, 5.41) is 11.3. The van der Waals surface area contributed by atoms with Crippen molar-refractivity contribution in [3.8, 4) is 11.5 Å². The maximum atomic E-state index is 13.5. The molecule has 1 N–H and O–H groups in total. The van der Waals surface area contributed by atoms with Gasteiger partial charge in [-0.15, -0.1) is 0 Å². The smallest absolute Gasteiger partial charge is 0.280 e. The van der Waals surface area contributed by atoms with Crippen molar-refractivity contribution in [3.05, 3.63) is 17.7 Å². The van der Waals surface area contributed by atoms with Crippen molar-refractivity contribution in [1.82, 2.24) is 30.1 Å². The fraction of sp³-hybridized carbons (Fsp3) is 0.667. The number of hydrogen-bond donors (Lipinski definition) is 1. The molecule has 0 bridgehead atoms. The third-order valence-electron chi connectivity index (χ3n) is 4.11. The van der Waals surface area contributed by atoms with E-state index in [9.17, 15) is 8.78 Å². The summed E-state index contributed by atoms with van der Waals surface area (Å²) in [6, 6.07) is -0.0306. The Kier molecular flexibility index (Phi) is 4.91. The maximum Gasteiger partial charge on any atom is 0.280 e. The van der Waals surface area contributed by atoms with Crippen LogP contribution in [0, 0.1) is 5.92 Å². The minimum Gasteiger partial charge on any atom is -0.334 e. The highest BCUT2D eigenvalue weighted by Crippen LogP contribution is 2.31. The molecule has 0 amide bonds. The van der Waals surface area contributed by atoms with Gasteiger partial charge in [-0.1, -0.05) is 19.0 Å². The van der Waals surface area contributed by atoms with Gasteiger partial charge in [0, 0.05) is 26.2 Å². The molecule has 132 valence electrons. The van der Waals surface area contributed by atoms with Gasteiger partial charge in [0.15, 0.2) is 5.82 Å². The van der Waals surface area contributed by atoms with Crippen LogP contribution in [0.4, 0.5) is 8.78 Å². The standard InChI is InChI=1S/C15H22F2N6O/c1-9(2)8-23-12(13(16)17)10(6-19-23)15-20-14(21-24-15)11-7-18-4-5-22(11)3/h6,9,11,13,18H,4-5,7-8H2,1-3H3. The van der Waals surface area contributed by atoms with E-state index in [1.54, 1.807) is 0 Å². The number of nitrogens with zero attached hydrogens (tertiary/aromatic N) is 5. The third-order valence-corrected chi connectivity index (χ3v) is 4.11. The largest absolute Gasteiger partial charge is 0.334 e. The molecule has 3 rings (SSSR count). The fourth-order valence-corrected chi connectivity index (χ4v) is 2.86. The lowest BCUT2D eigenvalue weighted by Gasteiger charge is -2.30. The minimum atomic E-state index is -2.66. The van der Waals surface area contributed by atoms with E-state index >= 15 is 0 Å². The van der Waals surface area contributed by atoms with Gasteiger partial charge in [0.2, 0.25) is 0 Å². The molecular weight excluding hydrogens is 318 g/mol. The van der Waals surface area contributed by atoms with Gasteiger partial charge in [-0.05, 0) is 13.0 Å². The zero-order chi connectivity index (χ0) is 17.3. The average Bonchev–Trinajstić information content (AvgIpc) is 3.13. The Hall–Kier alpha value is -1.87. The SMILES string of the molecule is CC(C)Cn1ncc(-c2nc(C3CNCCN3C)no2)c1C(F)F. The highest BCUT2D eigenvalue weighted by Gasteiger charge is 2.29. The number of piperazine rings is 1. The van der Waals surface area contributed by atoms with Crippen molar-refractivity contribution < 1.29 is 13.3 Å². The van der Waals surface area contributed by atoms with E-state index in [0.717, 1.165) is 13.1 Å². The molecular formula is C15H22F2N6O. The van der Waals surface area contributed by atoms with Gasteiger partial charge in [0.05, 0.1) is 17.8 Å². The van der Waals surface area contributed by atoms with Crippen LogP contribution in [0.5, 0.6) is 0 Å². The zero-order valence-electron chi connectivity index (χ0n) is 14.0. The lowest BCUT2D eigenvalue weighted by molar-refractivity contribution is 0.138. The Labute approximate surface area is 139 Å². The van der Waals surface area contributed by atoms with E-state index in [0.29, 0.717) is 18.9 Å². The molecule has 1 saturated heterocycles. The Balaban J connectivity index is 1.91. The van der Waals surface area contributed by atoms with E-state index in [1.165, 1.54) is 10.9 Å². The second-order valence-corrected chi connectivity index (χ2v) is 6.48. The Bertz CT molecular complexity index is 683. The van der Waals surface area contributed by atoms with Crippen molar-refractivity contribution >= 4 is 0 Å². The highest BCUT2D eigenvalue weighted by atomic mass is 19.3. The van der Waals surface area contributed by atoms with Crippen LogP contribution >= 0.6 is 0 Å². The topological polar surface area (TPSA) is 72.0 Å². The molecule has 24 heavy (non-hydrogen) atoms. The van der Waals surface area contributed by atoms with Gasteiger partial charge in [0.1, 0.15) is 5.69 Å². The second kappa shape index (κ2) is 6.94. The first-order valence-corrected chi connectivity index (χ1v) is 8.06. The minimum absolute atomic E-state index is 0.0306. The van der Waals surface area contributed by atoms with Crippen molar-refractivity contribution in [2.45, 2.75) is 32.9 Å². The van der Waals surface area contributed by atoms with Gasteiger partial charge < -0.3 is 9.84 Å². The van der Waals surface area contributed by atoms with Gasteiger partial charge in [-0.3, -0.25) is 9.58 Å². The van der Waals surface area contributed by atoms with Crippen LogP contribution in [0.3, 0.4) is 0 Å². The molecule has 0 radical (unpaired) electrons. The van der Waals surface area contributed by atoms with Crippen LogP contribution in [0.25, 0.3) is 11.5 Å². The third kappa shape index (κ3) is 3.32. The summed E-state index contributed by atoms with van der Waals surface area (Å²) in [6.07, 6.45) is -1.28. The summed E-state index contributed by atoms with van der Waals surface area (Å²) in [4.78, 5) is 6.46. The molecule has 0 aliphatic carbocycles. The van der Waals surface area contributed by atoms with E-state index in [2.05, 4.69) is 25.5 Å². The normalized spacial score (nSPS) is 19.5. The number of likely N-dealkylation sites (N-methyl/N-ethyl adjacent to an activating group) is 1. The Morgan fingerprint density at radius 1 is 1.42 bits per heavy atom. The molecule has 1 unspecified atom stereocenters. The molecule has 1 aliphatic heterocycles. The van der Waals surface area contributed by atoms with E-state index < -0.39 is 6.43 Å². The molecule has 0 spiro atoms. The van der Waals surface area contributed by atoms with Crippen LogP contribution in [0.15, 0.2) is 10.7 Å². The Morgan fingerprint density at radius 3 is 2.88 bits per heavy atom. The molecule has 2 aromatic heterocycles. The summed E-state index contributed by atoms with van der Waals surface area (Å²) in [7, 11) is 1.98. The van der Waals surface area contributed by atoms with Crippen molar-refractivity contribution in [1.29, 1.82) is 0 Å². The summed E-state index contributed by atoms with van der Waals surface area (Å²) in [5.74, 6) is 0.793. The molecule has 9 heteroatoms. The molecule has 1 fully saturated rings. The molecule has 2 aromatic rings. The Morgan fingerprint density at radius 2 is 2.21 bits per heavy atom. The first kappa shape index (κ1) is 17.0. The lowest BCUT2D eigenvalue weighted by Crippen LogP contribution is -2.44. The van der Waals surface area contributed by atoms with Crippen LogP contribution < -0.4 is 5.32 Å². The molecule has 0 saturated carbocycles. The summed E-state index contributed by atoms with van der Waals surface area (Å²) >= 11 is 0.